The van der Waals surface area contributed by atoms with E-state index in [0.717, 1.165) is 32.6 Å². The van der Waals surface area contributed by atoms with Gasteiger partial charge in [0.1, 0.15) is 0 Å². The Labute approximate surface area is 119 Å². The predicted octanol–water partition coefficient (Wildman–Crippen LogP) is 0.440. The number of aromatic nitrogens is 3. The molecule has 0 aliphatic carbocycles. The zero-order valence-electron chi connectivity index (χ0n) is 12.0. The third-order valence-corrected chi connectivity index (χ3v) is 3.71. The maximum atomic E-state index is 10.8. The number of aromatic carboxylic acids is 1. The lowest BCUT2D eigenvalue weighted by atomic mass is 10.0. The number of carboxylic acid groups (broad SMARTS) is 1. The Bertz CT molecular complexity index is 428. The van der Waals surface area contributed by atoms with Gasteiger partial charge in [0.05, 0.1) is 12.7 Å². The molecule has 0 radical (unpaired) electrons. The molecule has 112 valence electrons. The number of carbonyl (C=O) groups is 1. The number of nitrogens with one attached hydrogen (secondary N) is 1. The molecule has 1 aromatic rings. The fourth-order valence-electron chi connectivity index (χ4n) is 2.67. The van der Waals surface area contributed by atoms with Gasteiger partial charge in [0.15, 0.2) is 5.69 Å². The third kappa shape index (κ3) is 4.01. The second-order valence-corrected chi connectivity index (χ2v) is 5.19. The summed E-state index contributed by atoms with van der Waals surface area (Å²) in [6, 6.07) is 0.624. The zero-order chi connectivity index (χ0) is 14.4. The van der Waals surface area contributed by atoms with Crippen LogP contribution >= 0.6 is 0 Å². The summed E-state index contributed by atoms with van der Waals surface area (Å²) in [4.78, 5) is 13.3. The van der Waals surface area contributed by atoms with E-state index < -0.39 is 5.97 Å². The van der Waals surface area contributed by atoms with Crippen LogP contribution in [-0.2, 0) is 6.54 Å². The van der Waals surface area contributed by atoms with Gasteiger partial charge in [-0.15, -0.1) is 5.10 Å². The van der Waals surface area contributed by atoms with Crippen LogP contribution in [0, 0.1) is 0 Å². The summed E-state index contributed by atoms with van der Waals surface area (Å²) in [5.74, 6) is -1.03. The molecule has 0 spiro atoms. The topological polar surface area (TPSA) is 83.3 Å². The highest BCUT2D eigenvalue weighted by molar-refractivity contribution is 5.84. The average Bonchev–Trinajstić information content (AvgIpc) is 2.93. The molecule has 0 atom stereocenters. The highest BCUT2D eigenvalue weighted by atomic mass is 16.4. The molecular weight excluding hydrogens is 258 g/mol. The summed E-state index contributed by atoms with van der Waals surface area (Å²) < 4.78 is 1.62. The lowest BCUT2D eigenvalue weighted by molar-refractivity contribution is 0.0690. The molecule has 0 bridgehead atoms. The Kier molecular flexibility index (Phi) is 5.49. The van der Waals surface area contributed by atoms with E-state index in [1.807, 2.05) is 0 Å². The van der Waals surface area contributed by atoms with E-state index in [0.29, 0.717) is 12.6 Å². The van der Waals surface area contributed by atoms with Gasteiger partial charge in [-0.25, -0.2) is 4.79 Å². The van der Waals surface area contributed by atoms with E-state index in [4.69, 9.17) is 5.11 Å². The summed E-state index contributed by atoms with van der Waals surface area (Å²) in [5, 5.41) is 19.7. The lowest BCUT2D eigenvalue weighted by Crippen LogP contribution is -2.44. The van der Waals surface area contributed by atoms with Crippen LogP contribution in [0.3, 0.4) is 0 Å². The smallest absolute Gasteiger partial charge is 0.358 e. The normalized spacial score (nSPS) is 16.7. The molecule has 0 saturated carbocycles. The first-order valence-corrected chi connectivity index (χ1v) is 7.29. The Morgan fingerprint density at radius 1 is 1.50 bits per heavy atom. The lowest BCUT2D eigenvalue weighted by Gasteiger charge is -2.34. The number of hydrogen-bond acceptors (Lipinski definition) is 5. The molecule has 1 aliphatic heterocycles. The van der Waals surface area contributed by atoms with E-state index in [9.17, 15) is 4.79 Å². The summed E-state index contributed by atoms with van der Waals surface area (Å²) >= 11 is 0. The first-order valence-electron chi connectivity index (χ1n) is 7.29. The van der Waals surface area contributed by atoms with Gasteiger partial charge in [0, 0.05) is 12.6 Å². The van der Waals surface area contributed by atoms with Gasteiger partial charge in [0.25, 0.3) is 0 Å². The molecule has 1 saturated heterocycles. The standard InChI is InChI=1S/C13H23N5O2/c1-2-7-17(11-3-5-14-6-4-11)8-9-18-10-12(13(19)20)15-16-18/h10-11,14H,2-9H2,1H3,(H,19,20). The molecule has 2 heterocycles. The summed E-state index contributed by atoms with van der Waals surface area (Å²) in [6.07, 6.45) is 4.98. The monoisotopic (exact) mass is 281 g/mol. The summed E-state index contributed by atoms with van der Waals surface area (Å²) in [7, 11) is 0. The van der Waals surface area contributed by atoms with Crippen LogP contribution in [0.4, 0.5) is 0 Å². The van der Waals surface area contributed by atoms with Crippen molar-refractivity contribution in [1.82, 2.24) is 25.2 Å². The highest BCUT2D eigenvalue weighted by Gasteiger charge is 2.20. The Morgan fingerprint density at radius 2 is 2.25 bits per heavy atom. The van der Waals surface area contributed by atoms with Crippen molar-refractivity contribution in [2.75, 3.05) is 26.2 Å². The number of carboxylic acids is 1. The predicted molar refractivity (Wildman–Crippen MR) is 74.7 cm³/mol. The molecule has 2 rings (SSSR count). The van der Waals surface area contributed by atoms with E-state index >= 15 is 0 Å². The third-order valence-electron chi connectivity index (χ3n) is 3.71. The number of hydrogen-bond donors (Lipinski definition) is 2. The Hall–Kier alpha value is -1.47. The molecule has 1 fully saturated rings. The molecule has 7 heteroatoms. The second-order valence-electron chi connectivity index (χ2n) is 5.19. The van der Waals surface area contributed by atoms with Crippen LogP contribution < -0.4 is 5.32 Å². The number of piperidine rings is 1. The Morgan fingerprint density at radius 3 is 2.85 bits per heavy atom. The van der Waals surface area contributed by atoms with Crippen molar-refractivity contribution in [1.29, 1.82) is 0 Å². The fraction of sp³-hybridized carbons (Fsp3) is 0.769. The van der Waals surface area contributed by atoms with Crippen LogP contribution in [0.2, 0.25) is 0 Å². The molecule has 0 unspecified atom stereocenters. The maximum Gasteiger partial charge on any atom is 0.358 e. The van der Waals surface area contributed by atoms with Crippen molar-refractivity contribution in [2.45, 2.75) is 38.8 Å². The van der Waals surface area contributed by atoms with Gasteiger partial charge < -0.3 is 10.4 Å². The van der Waals surface area contributed by atoms with Crippen LogP contribution in [0.15, 0.2) is 6.20 Å². The van der Waals surface area contributed by atoms with Gasteiger partial charge >= 0.3 is 5.97 Å². The van der Waals surface area contributed by atoms with Gasteiger partial charge in [-0.2, -0.15) is 0 Å². The minimum absolute atomic E-state index is 0.00825. The van der Waals surface area contributed by atoms with E-state index in [1.165, 1.54) is 19.0 Å². The number of nitrogens with zero attached hydrogens (tertiary/aromatic N) is 4. The first-order chi connectivity index (χ1) is 9.70. The SMILES string of the molecule is CCCN(CCn1cc(C(=O)O)nn1)C1CCNCC1. The van der Waals surface area contributed by atoms with Crippen molar-refractivity contribution in [3.63, 3.8) is 0 Å². The van der Waals surface area contributed by atoms with Gasteiger partial charge in [-0.1, -0.05) is 12.1 Å². The van der Waals surface area contributed by atoms with Crippen molar-refractivity contribution < 1.29 is 9.90 Å². The van der Waals surface area contributed by atoms with Crippen LogP contribution in [0.5, 0.6) is 0 Å². The minimum atomic E-state index is -1.03. The molecular formula is C13H23N5O2. The van der Waals surface area contributed by atoms with Gasteiger partial charge in [-0.3, -0.25) is 9.58 Å². The first kappa shape index (κ1) is 14.9. The van der Waals surface area contributed by atoms with Crippen molar-refractivity contribution >= 4 is 5.97 Å². The average molecular weight is 281 g/mol. The summed E-state index contributed by atoms with van der Waals surface area (Å²) in [5.41, 5.74) is 0.00825. The fourth-order valence-corrected chi connectivity index (χ4v) is 2.67. The van der Waals surface area contributed by atoms with Crippen molar-refractivity contribution in [3.05, 3.63) is 11.9 Å². The minimum Gasteiger partial charge on any atom is -0.476 e. The molecule has 1 aliphatic rings. The van der Waals surface area contributed by atoms with Crippen LogP contribution in [0.1, 0.15) is 36.7 Å². The Balaban J connectivity index is 1.88. The molecule has 20 heavy (non-hydrogen) atoms. The van der Waals surface area contributed by atoms with E-state index in [1.54, 1.807) is 4.68 Å². The van der Waals surface area contributed by atoms with Crippen LogP contribution in [-0.4, -0.2) is 63.2 Å². The second kappa shape index (κ2) is 7.35. The van der Waals surface area contributed by atoms with Crippen molar-refractivity contribution in [2.24, 2.45) is 0 Å². The quantitative estimate of drug-likeness (QED) is 0.754. The summed E-state index contributed by atoms with van der Waals surface area (Å²) in [6.45, 7) is 7.00. The van der Waals surface area contributed by atoms with E-state index in [-0.39, 0.29) is 5.69 Å². The maximum absolute atomic E-state index is 10.8. The van der Waals surface area contributed by atoms with Crippen LogP contribution in [0.25, 0.3) is 0 Å². The molecule has 1 aromatic heterocycles. The highest BCUT2D eigenvalue weighted by Crippen LogP contribution is 2.12. The number of rotatable bonds is 7. The van der Waals surface area contributed by atoms with Gasteiger partial charge in [-0.05, 0) is 38.9 Å². The van der Waals surface area contributed by atoms with Crippen molar-refractivity contribution in [3.8, 4) is 0 Å². The largest absolute Gasteiger partial charge is 0.476 e. The molecule has 0 amide bonds. The van der Waals surface area contributed by atoms with Gasteiger partial charge in [0.2, 0.25) is 0 Å². The van der Waals surface area contributed by atoms with E-state index in [2.05, 4.69) is 27.5 Å². The molecule has 7 nitrogen and oxygen atoms in total. The zero-order valence-corrected chi connectivity index (χ0v) is 12.0. The molecule has 2 N–H and O–H groups in total. The molecule has 0 aromatic carbocycles.